The zero-order valence-corrected chi connectivity index (χ0v) is 11.0. The van der Waals surface area contributed by atoms with Gasteiger partial charge in [-0.15, -0.1) is 4.13 Å². The van der Waals surface area contributed by atoms with E-state index in [2.05, 4.69) is 0 Å². The molecular formula is C6H9F6NO4S2. The Morgan fingerprint density at radius 3 is 1.11 bits per heavy atom. The van der Waals surface area contributed by atoms with Gasteiger partial charge in [0.2, 0.25) is 20.0 Å². The summed E-state index contributed by atoms with van der Waals surface area (Å²) < 4.78 is 117. The van der Waals surface area contributed by atoms with Crippen molar-refractivity contribution < 1.29 is 43.2 Å². The Labute approximate surface area is 105 Å². The Kier molecular flexibility index (Phi) is 4.94. The molecule has 2 unspecified atom stereocenters. The molecule has 0 heterocycles. The maximum Gasteiger partial charge on any atom is 0.406 e. The summed E-state index contributed by atoms with van der Waals surface area (Å²) in [5.41, 5.74) is 0. The summed E-state index contributed by atoms with van der Waals surface area (Å²) in [6.45, 7) is 0.215. The van der Waals surface area contributed by atoms with Crippen molar-refractivity contribution in [2.75, 3.05) is 0 Å². The molecule has 0 bridgehead atoms. The number of hydrogen-bond acceptors (Lipinski definition) is 4. The van der Waals surface area contributed by atoms with Crippen molar-refractivity contribution in [3.8, 4) is 0 Å². The topological polar surface area (TPSA) is 80.3 Å². The second kappa shape index (κ2) is 5.09. The van der Waals surface area contributed by atoms with Crippen molar-refractivity contribution in [3.63, 3.8) is 0 Å². The highest BCUT2D eigenvalue weighted by Crippen LogP contribution is 2.28. The molecule has 0 spiro atoms. The van der Waals surface area contributed by atoms with Gasteiger partial charge in [-0.25, -0.2) is 16.8 Å². The molecule has 0 fully saturated rings. The molecule has 0 saturated carbocycles. The minimum atomic E-state index is -5.54. The molecule has 0 rings (SSSR count). The lowest BCUT2D eigenvalue weighted by atomic mass is 10.5. The first-order valence-corrected chi connectivity index (χ1v) is 7.50. The van der Waals surface area contributed by atoms with E-state index in [1.807, 2.05) is 0 Å². The van der Waals surface area contributed by atoms with Crippen LogP contribution >= 0.6 is 0 Å². The maximum atomic E-state index is 12.1. The Hall–Kier alpha value is -0.560. The molecule has 0 aromatic carbocycles. The molecule has 0 radical (unpaired) electrons. The van der Waals surface area contributed by atoms with Crippen LogP contribution in [0.3, 0.4) is 0 Å². The van der Waals surface area contributed by atoms with E-state index in [0.29, 0.717) is 4.13 Å². The Morgan fingerprint density at radius 2 is 0.947 bits per heavy atom. The first-order chi connectivity index (χ1) is 8.02. The van der Waals surface area contributed by atoms with Gasteiger partial charge in [-0.3, -0.25) is 0 Å². The molecule has 0 aromatic heterocycles. The summed E-state index contributed by atoms with van der Waals surface area (Å²) in [7, 11) is -11.1. The van der Waals surface area contributed by atoms with Crippen LogP contribution in [0.15, 0.2) is 0 Å². The highest BCUT2D eigenvalue weighted by Gasteiger charge is 2.51. The summed E-state index contributed by atoms with van der Waals surface area (Å²) in [6.07, 6.45) is -10.6. The zero-order valence-electron chi connectivity index (χ0n) is 9.37. The van der Waals surface area contributed by atoms with Crippen LogP contribution in [0.2, 0.25) is 0 Å². The highest BCUT2D eigenvalue weighted by atomic mass is 32.3. The molecule has 5 nitrogen and oxygen atoms in total. The van der Waals surface area contributed by atoms with Crippen molar-refractivity contribution >= 4 is 20.0 Å². The summed E-state index contributed by atoms with van der Waals surface area (Å²) in [5.74, 6) is 0. The van der Waals surface area contributed by atoms with Crippen LogP contribution in [-0.4, -0.2) is 39.7 Å². The molecular weight excluding hydrogens is 328 g/mol. The van der Waals surface area contributed by atoms with Crippen molar-refractivity contribution in [3.05, 3.63) is 0 Å². The predicted octanol–water partition coefficient (Wildman–Crippen LogP) is 1.14. The largest absolute Gasteiger partial charge is 0.406 e. The van der Waals surface area contributed by atoms with Crippen molar-refractivity contribution in [2.24, 2.45) is 0 Å². The lowest BCUT2D eigenvalue weighted by Crippen LogP contribution is -2.49. The van der Waals surface area contributed by atoms with Gasteiger partial charge in [0.05, 0.1) is 0 Å². The molecule has 0 aromatic rings. The van der Waals surface area contributed by atoms with E-state index in [4.69, 9.17) is 0 Å². The van der Waals surface area contributed by atoms with Crippen molar-refractivity contribution in [2.45, 2.75) is 36.7 Å². The van der Waals surface area contributed by atoms with Crippen LogP contribution in [0.25, 0.3) is 0 Å². The predicted molar refractivity (Wildman–Crippen MR) is 52.0 cm³/mol. The van der Waals surface area contributed by atoms with Gasteiger partial charge in [0.15, 0.2) is 10.5 Å². The van der Waals surface area contributed by atoms with Gasteiger partial charge in [0.25, 0.3) is 0 Å². The number of rotatable bonds is 4. The number of nitrogens with one attached hydrogen (secondary N) is 1. The second-order valence-electron chi connectivity index (χ2n) is 3.54. The van der Waals surface area contributed by atoms with Crippen LogP contribution in [-0.2, 0) is 20.0 Å². The molecule has 2 atom stereocenters. The summed E-state index contributed by atoms with van der Waals surface area (Å²) in [6, 6.07) is 0. The Morgan fingerprint density at radius 1 is 0.737 bits per heavy atom. The van der Waals surface area contributed by atoms with E-state index in [1.165, 1.54) is 0 Å². The van der Waals surface area contributed by atoms with Crippen molar-refractivity contribution in [1.82, 2.24) is 4.13 Å². The third-order valence-electron chi connectivity index (χ3n) is 2.09. The minimum Gasteiger partial charge on any atom is -0.211 e. The summed E-state index contributed by atoms with van der Waals surface area (Å²) in [5, 5.41) is -6.34. The van der Waals surface area contributed by atoms with E-state index in [1.54, 1.807) is 0 Å². The van der Waals surface area contributed by atoms with Crippen LogP contribution in [0, 0.1) is 0 Å². The van der Waals surface area contributed by atoms with Crippen LogP contribution in [0.5, 0.6) is 0 Å². The van der Waals surface area contributed by atoms with Gasteiger partial charge in [-0.2, -0.15) is 26.3 Å². The maximum absolute atomic E-state index is 12.1. The van der Waals surface area contributed by atoms with Crippen LogP contribution in [0.4, 0.5) is 26.3 Å². The van der Waals surface area contributed by atoms with E-state index >= 15 is 0 Å². The number of sulfonamides is 2. The number of alkyl halides is 6. The smallest absolute Gasteiger partial charge is 0.211 e. The molecule has 1 N–H and O–H groups in total. The molecule has 0 aliphatic rings. The summed E-state index contributed by atoms with van der Waals surface area (Å²) >= 11 is 0. The fraction of sp³-hybridized carbons (Fsp3) is 1.00. The lowest BCUT2D eigenvalue weighted by Gasteiger charge is -2.20. The third-order valence-corrected chi connectivity index (χ3v) is 6.34. The van der Waals surface area contributed by atoms with E-state index < -0.39 is 42.9 Å². The van der Waals surface area contributed by atoms with Gasteiger partial charge < -0.3 is 0 Å². The molecule has 0 aliphatic heterocycles. The Bertz CT molecular complexity index is 471. The molecule has 0 aliphatic carbocycles. The third kappa shape index (κ3) is 4.80. The Balaban J connectivity index is 5.38. The highest BCUT2D eigenvalue weighted by molar-refractivity contribution is 8.05. The summed E-state index contributed by atoms with van der Waals surface area (Å²) in [4.78, 5) is 0. The van der Waals surface area contributed by atoms with Gasteiger partial charge in [-0.05, 0) is 13.8 Å². The monoisotopic (exact) mass is 337 g/mol. The fourth-order valence-corrected chi connectivity index (χ4v) is 3.81. The van der Waals surface area contributed by atoms with Gasteiger partial charge in [0, 0.05) is 0 Å². The molecule has 0 amide bonds. The van der Waals surface area contributed by atoms with E-state index in [9.17, 15) is 43.2 Å². The van der Waals surface area contributed by atoms with Crippen LogP contribution < -0.4 is 4.13 Å². The normalized spacial score (nSPS) is 18.1. The minimum absolute atomic E-state index is 0.107. The first kappa shape index (κ1) is 18.4. The molecule has 0 saturated heterocycles. The first-order valence-electron chi connectivity index (χ1n) is 4.41. The van der Waals surface area contributed by atoms with Crippen molar-refractivity contribution in [1.29, 1.82) is 0 Å². The standard InChI is InChI=1S/C6H9F6NO4S2/c1-3(5(7,8)9)18(14,15)13-19(16,17)4(2)6(10,11)12/h3-4,13H,1-2H3. The quantitative estimate of drug-likeness (QED) is 0.780. The molecule has 116 valence electrons. The average molecular weight is 337 g/mol. The number of hydrogen-bond donors (Lipinski definition) is 1. The van der Waals surface area contributed by atoms with Crippen LogP contribution in [0.1, 0.15) is 13.8 Å². The SMILES string of the molecule is CC(C(F)(F)F)S(=O)(=O)NS(=O)(=O)C(C)C(F)(F)F. The van der Waals surface area contributed by atoms with E-state index in [-0.39, 0.29) is 13.8 Å². The second-order valence-corrected chi connectivity index (χ2v) is 7.80. The van der Waals surface area contributed by atoms with Gasteiger partial charge in [0.1, 0.15) is 0 Å². The average Bonchev–Trinajstić information content (AvgIpc) is 2.10. The molecule has 19 heavy (non-hydrogen) atoms. The fourth-order valence-electron chi connectivity index (χ4n) is 0.658. The lowest BCUT2D eigenvalue weighted by molar-refractivity contribution is -0.127. The zero-order chi connectivity index (χ0) is 15.9. The number of halogens is 6. The van der Waals surface area contributed by atoms with Gasteiger partial charge in [-0.1, -0.05) is 0 Å². The molecule has 13 heteroatoms. The van der Waals surface area contributed by atoms with E-state index in [0.717, 1.165) is 0 Å². The van der Waals surface area contributed by atoms with Gasteiger partial charge >= 0.3 is 12.4 Å².